The lowest BCUT2D eigenvalue weighted by molar-refractivity contribution is -0.148. The standard InChI is InChI=1S/C22H20F3N3O6S2/c1-21(20(30)27-31)18(29)3-2-10-28(21)36(32,33)15-7-5-14(6-8-15)34-12-19-26-16-11-13(22(23,24)25)4-9-17(16)35-19/h4-9,11,31H,2-3,10,12H2,1H3,(H,27,30)/t21-/m1/s1. The minimum atomic E-state index is -4.47. The number of sulfonamides is 1. The molecule has 1 saturated heterocycles. The van der Waals surface area contributed by atoms with Gasteiger partial charge in [-0.25, -0.2) is 18.9 Å². The van der Waals surface area contributed by atoms with E-state index in [1.165, 1.54) is 47.1 Å². The molecule has 36 heavy (non-hydrogen) atoms. The molecule has 0 radical (unpaired) electrons. The molecular weight excluding hydrogens is 523 g/mol. The van der Waals surface area contributed by atoms with E-state index in [4.69, 9.17) is 9.94 Å². The molecule has 0 bridgehead atoms. The number of nitrogens with one attached hydrogen (secondary N) is 1. The van der Waals surface area contributed by atoms with E-state index in [0.29, 0.717) is 9.71 Å². The van der Waals surface area contributed by atoms with Crippen molar-refractivity contribution in [2.75, 3.05) is 6.54 Å². The Morgan fingerprint density at radius 1 is 1.25 bits per heavy atom. The molecule has 3 aromatic rings. The van der Waals surface area contributed by atoms with Crippen molar-refractivity contribution in [2.45, 2.75) is 43.0 Å². The number of ether oxygens (including phenoxy) is 1. The first kappa shape index (κ1) is 26.0. The topological polar surface area (TPSA) is 126 Å². The molecule has 2 heterocycles. The highest BCUT2D eigenvalue weighted by molar-refractivity contribution is 7.89. The van der Waals surface area contributed by atoms with Gasteiger partial charge >= 0.3 is 6.18 Å². The van der Waals surface area contributed by atoms with Gasteiger partial charge < -0.3 is 4.74 Å². The number of carbonyl (C=O) groups excluding carboxylic acids is 2. The Balaban J connectivity index is 1.51. The molecule has 1 aromatic heterocycles. The van der Waals surface area contributed by atoms with Gasteiger partial charge in [0.05, 0.1) is 20.7 Å². The molecular formula is C22H20F3N3O6S2. The van der Waals surface area contributed by atoms with E-state index in [1.807, 2.05) is 0 Å². The van der Waals surface area contributed by atoms with Crippen molar-refractivity contribution in [3.05, 3.63) is 53.0 Å². The summed E-state index contributed by atoms with van der Waals surface area (Å²) in [6, 6.07) is 8.52. The van der Waals surface area contributed by atoms with Gasteiger partial charge in [0.15, 0.2) is 11.3 Å². The second kappa shape index (κ2) is 9.42. The van der Waals surface area contributed by atoms with Crippen molar-refractivity contribution < 1.29 is 41.1 Å². The molecule has 1 aliphatic rings. The van der Waals surface area contributed by atoms with Crippen LogP contribution >= 0.6 is 11.3 Å². The van der Waals surface area contributed by atoms with Crippen LogP contribution in [0.15, 0.2) is 47.4 Å². The summed E-state index contributed by atoms with van der Waals surface area (Å²) >= 11 is 1.17. The molecule has 1 atom stereocenters. The van der Waals surface area contributed by atoms with E-state index >= 15 is 0 Å². The number of thiazole rings is 1. The van der Waals surface area contributed by atoms with E-state index in [9.17, 15) is 31.2 Å². The largest absolute Gasteiger partial charge is 0.486 e. The van der Waals surface area contributed by atoms with Crippen LogP contribution in [0.1, 0.15) is 30.3 Å². The summed E-state index contributed by atoms with van der Waals surface area (Å²) < 4.78 is 72.1. The number of rotatable bonds is 6. The number of Topliss-reactive ketones (excluding diaryl/α,β-unsaturated/α-hetero) is 1. The first-order valence-electron chi connectivity index (χ1n) is 10.6. The van der Waals surface area contributed by atoms with Crippen molar-refractivity contribution >= 4 is 43.3 Å². The molecule has 1 amide bonds. The first-order chi connectivity index (χ1) is 16.9. The van der Waals surface area contributed by atoms with Gasteiger partial charge in [-0.3, -0.25) is 14.8 Å². The summed E-state index contributed by atoms with van der Waals surface area (Å²) in [5.74, 6) is -1.51. The van der Waals surface area contributed by atoms with Crippen LogP contribution in [0.2, 0.25) is 0 Å². The number of hydrogen-bond acceptors (Lipinski definition) is 8. The summed E-state index contributed by atoms with van der Waals surface area (Å²) in [5.41, 5.74) is -1.33. The van der Waals surface area contributed by atoms with E-state index in [-0.39, 0.29) is 42.2 Å². The molecule has 0 aliphatic carbocycles. The highest BCUT2D eigenvalue weighted by Gasteiger charge is 2.53. The number of halogens is 3. The van der Waals surface area contributed by atoms with Crippen LogP contribution in [0.25, 0.3) is 10.2 Å². The zero-order chi connectivity index (χ0) is 26.3. The molecule has 1 aliphatic heterocycles. The summed E-state index contributed by atoms with van der Waals surface area (Å²) in [4.78, 5) is 28.7. The summed E-state index contributed by atoms with van der Waals surface area (Å²) in [5, 5.41) is 9.49. The Morgan fingerprint density at radius 2 is 1.94 bits per heavy atom. The van der Waals surface area contributed by atoms with Gasteiger partial charge in [0.25, 0.3) is 5.91 Å². The van der Waals surface area contributed by atoms with Crippen molar-refractivity contribution in [3.63, 3.8) is 0 Å². The number of fused-ring (bicyclic) bond motifs is 1. The summed E-state index contributed by atoms with van der Waals surface area (Å²) in [6.45, 7) is 0.997. The summed E-state index contributed by atoms with van der Waals surface area (Å²) in [7, 11) is -4.29. The maximum atomic E-state index is 13.2. The third-order valence-corrected chi connectivity index (χ3v) is 8.89. The molecule has 1 fully saturated rings. The normalized spacial score (nSPS) is 19.4. The third kappa shape index (κ3) is 4.68. The highest BCUT2D eigenvalue weighted by Crippen LogP contribution is 2.34. The van der Waals surface area contributed by atoms with Gasteiger partial charge in [-0.2, -0.15) is 17.5 Å². The van der Waals surface area contributed by atoms with Gasteiger partial charge in [0.2, 0.25) is 10.0 Å². The second-order valence-electron chi connectivity index (χ2n) is 8.16. The van der Waals surface area contributed by atoms with Gasteiger partial charge in [0, 0.05) is 13.0 Å². The van der Waals surface area contributed by atoms with E-state index < -0.39 is 39.0 Å². The van der Waals surface area contributed by atoms with Crippen LogP contribution < -0.4 is 10.2 Å². The number of benzene rings is 2. The number of piperidine rings is 1. The number of aromatic nitrogens is 1. The Morgan fingerprint density at radius 3 is 2.58 bits per heavy atom. The molecule has 9 nitrogen and oxygen atoms in total. The number of carbonyl (C=O) groups is 2. The average Bonchev–Trinajstić information content (AvgIpc) is 3.25. The fraction of sp³-hybridized carbons (Fsp3) is 0.318. The van der Waals surface area contributed by atoms with Gasteiger partial charge in [-0.05, 0) is 55.8 Å². The highest BCUT2D eigenvalue weighted by atomic mass is 32.2. The number of alkyl halides is 3. The number of hydrogen-bond donors (Lipinski definition) is 2. The van der Waals surface area contributed by atoms with Crippen LogP contribution in [0.3, 0.4) is 0 Å². The van der Waals surface area contributed by atoms with Gasteiger partial charge in [0.1, 0.15) is 17.4 Å². The fourth-order valence-electron chi connectivity index (χ4n) is 3.89. The minimum Gasteiger partial charge on any atom is -0.486 e. The number of hydroxylamine groups is 1. The zero-order valence-corrected chi connectivity index (χ0v) is 20.3. The Hall–Kier alpha value is -3.07. The SMILES string of the molecule is C[C@]1(C(=O)NO)C(=O)CCCN1S(=O)(=O)c1ccc(OCc2nc3cc(C(F)(F)F)ccc3s2)cc1. The molecule has 14 heteroatoms. The Kier molecular flexibility index (Phi) is 6.81. The van der Waals surface area contributed by atoms with E-state index in [2.05, 4.69) is 4.98 Å². The van der Waals surface area contributed by atoms with Crippen molar-refractivity contribution in [1.29, 1.82) is 0 Å². The molecule has 0 saturated carbocycles. The van der Waals surface area contributed by atoms with E-state index in [1.54, 1.807) is 0 Å². The number of amides is 1. The van der Waals surface area contributed by atoms with Crippen LogP contribution in [-0.4, -0.2) is 46.7 Å². The quantitative estimate of drug-likeness (QED) is 0.277. The lowest BCUT2D eigenvalue weighted by atomic mass is 9.89. The van der Waals surface area contributed by atoms with Crippen LogP contribution in [-0.2, 0) is 32.4 Å². The minimum absolute atomic E-state index is 0.00793. The molecule has 2 N–H and O–H groups in total. The monoisotopic (exact) mass is 543 g/mol. The van der Waals surface area contributed by atoms with Crippen LogP contribution in [0.4, 0.5) is 13.2 Å². The fourth-order valence-corrected chi connectivity index (χ4v) is 6.52. The number of ketones is 1. The maximum absolute atomic E-state index is 13.2. The molecule has 192 valence electrons. The second-order valence-corrected chi connectivity index (χ2v) is 11.1. The van der Waals surface area contributed by atoms with Crippen LogP contribution in [0.5, 0.6) is 5.75 Å². The smallest absolute Gasteiger partial charge is 0.416 e. The zero-order valence-electron chi connectivity index (χ0n) is 18.7. The first-order valence-corrected chi connectivity index (χ1v) is 12.8. The summed E-state index contributed by atoms with van der Waals surface area (Å²) in [6.07, 6.45) is -4.26. The van der Waals surface area contributed by atoms with Crippen molar-refractivity contribution in [2.24, 2.45) is 0 Å². The molecule has 2 aromatic carbocycles. The Labute approximate surface area is 207 Å². The van der Waals surface area contributed by atoms with Crippen LogP contribution in [0, 0.1) is 0 Å². The maximum Gasteiger partial charge on any atom is 0.416 e. The lowest BCUT2D eigenvalue weighted by Crippen LogP contribution is -2.65. The lowest BCUT2D eigenvalue weighted by Gasteiger charge is -2.40. The van der Waals surface area contributed by atoms with Crippen molar-refractivity contribution in [3.8, 4) is 5.75 Å². The third-order valence-electron chi connectivity index (χ3n) is 5.88. The Bertz CT molecular complexity index is 1410. The number of nitrogens with zero attached hydrogens (tertiary/aromatic N) is 2. The molecule has 0 spiro atoms. The van der Waals surface area contributed by atoms with Gasteiger partial charge in [-0.15, -0.1) is 11.3 Å². The van der Waals surface area contributed by atoms with Crippen molar-refractivity contribution in [1.82, 2.24) is 14.8 Å². The van der Waals surface area contributed by atoms with E-state index in [0.717, 1.165) is 23.4 Å². The van der Waals surface area contributed by atoms with Gasteiger partial charge in [-0.1, -0.05) is 0 Å². The predicted molar refractivity (Wildman–Crippen MR) is 122 cm³/mol. The average molecular weight is 544 g/mol. The molecule has 0 unspecified atom stereocenters. The predicted octanol–water partition coefficient (Wildman–Crippen LogP) is 3.51. The molecule has 4 rings (SSSR count).